The van der Waals surface area contributed by atoms with Crippen molar-refractivity contribution in [2.45, 2.75) is 83.7 Å². The minimum atomic E-state index is 0.628. The highest BCUT2D eigenvalue weighted by atomic mass is 16.5. The lowest BCUT2D eigenvalue weighted by Crippen LogP contribution is -2.25. The van der Waals surface area contributed by atoms with E-state index in [1.165, 1.54) is 75.3 Å². The molecule has 0 aliphatic heterocycles. The second-order valence-corrected chi connectivity index (χ2v) is 9.05. The number of benzene rings is 1. The predicted octanol–water partition coefficient (Wildman–Crippen LogP) is 7.83. The number of allylic oxidation sites excluding steroid dienone is 2. The first-order valence-electron chi connectivity index (χ1n) is 11.7. The second kappa shape index (κ2) is 11.6. The molecule has 2 aliphatic rings. The quantitative estimate of drug-likeness (QED) is 0.313. The van der Waals surface area contributed by atoms with Gasteiger partial charge in [0.15, 0.2) is 0 Å². The summed E-state index contributed by atoms with van der Waals surface area (Å²) in [6.07, 6.45) is 20.6. The van der Waals surface area contributed by atoms with E-state index in [0.29, 0.717) is 13.2 Å². The fourth-order valence-corrected chi connectivity index (χ4v) is 5.42. The smallest absolute Gasteiger partial charge is 0.0721 e. The third-order valence-corrected chi connectivity index (χ3v) is 7.16. The molecule has 2 aliphatic carbocycles. The maximum atomic E-state index is 5.55. The van der Waals surface area contributed by atoms with Crippen molar-refractivity contribution in [3.63, 3.8) is 0 Å². The molecule has 2 fully saturated rings. The van der Waals surface area contributed by atoms with Crippen molar-refractivity contribution >= 4 is 0 Å². The van der Waals surface area contributed by atoms with E-state index >= 15 is 0 Å². The molecular weight excluding hydrogens is 340 g/mol. The van der Waals surface area contributed by atoms with Crippen molar-refractivity contribution < 1.29 is 4.74 Å². The van der Waals surface area contributed by atoms with E-state index in [-0.39, 0.29) is 0 Å². The summed E-state index contributed by atoms with van der Waals surface area (Å²) in [6.45, 7) is 7.25. The maximum absolute atomic E-state index is 5.55. The molecule has 1 aromatic carbocycles. The van der Waals surface area contributed by atoms with Crippen molar-refractivity contribution in [1.29, 1.82) is 0 Å². The van der Waals surface area contributed by atoms with Crippen molar-refractivity contribution in [1.82, 2.24) is 0 Å². The Morgan fingerprint density at radius 3 is 2.14 bits per heavy atom. The lowest BCUT2D eigenvalue weighted by atomic mass is 9.68. The van der Waals surface area contributed by atoms with Gasteiger partial charge in [0.25, 0.3) is 0 Å². The molecule has 154 valence electrons. The fraction of sp³-hybridized carbons (Fsp3) is 0.630. The van der Waals surface area contributed by atoms with Crippen molar-refractivity contribution in [2.75, 3.05) is 6.61 Å². The van der Waals surface area contributed by atoms with Gasteiger partial charge < -0.3 is 4.74 Å². The summed E-state index contributed by atoms with van der Waals surface area (Å²) in [7, 11) is 0. The van der Waals surface area contributed by atoms with Gasteiger partial charge in [-0.15, -0.1) is 6.58 Å². The van der Waals surface area contributed by atoms with Gasteiger partial charge in [-0.2, -0.15) is 0 Å². The van der Waals surface area contributed by atoms with Crippen LogP contribution >= 0.6 is 0 Å². The molecule has 0 amide bonds. The van der Waals surface area contributed by atoms with Crippen LogP contribution in [0.2, 0.25) is 0 Å². The van der Waals surface area contributed by atoms with Crippen molar-refractivity contribution in [2.24, 2.45) is 17.8 Å². The van der Waals surface area contributed by atoms with Crippen LogP contribution < -0.4 is 0 Å². The minimum absolute atomic E-state index is 0.628. The van der Waals surface area contributed by atoms with E-state index < -0.39 is 0 Å². The van der Waals surface area contributed by atoms with Gasteiger partial charge in [0.05, 0.1) is 13.2 Å². The van der Waals surface area contributed by atoms with Crippen molar-refractivity contribution in [3.05, 3.63) is 60.2 Å². The average molecular weight is 381 g/mol. The Bertz CT molecular complexity index is 583. The summed E-state index contributed by atoms with van der Waals surface area (Å²) >= 11 is 0. The van der Waals surface area contributed by atoms with Crippen LogP contribution in [0.3, 0.4) is 0 Å². The molecule has 0 radical (unpaired) electrons. The zero-order valence-corrected chi connectivity index (χ0v) is 18.0. The van der Waals surface area contributed by atoms with Gasteiger partial charge in [-0.05, 0) is 99.0 Å². The van der Waals surface area contributed by atoms with E-state index in [1.807, 2.05) is 6.08 Å². The van der Waals surface area contributed by atoms with Gasteiger partial charge in [-0.3, -0.25) is 0 Å². The van der Waals surface area contributed by atoms with E-state index in [9.17, 15) is 0 Å². The largest absolute Gasteiger partial charge is 0.373 e. The van der Waals surface area contributed by atoms with E-state index in [4.69, 9.17) is 4.74 Å². The second-order valence-electron chi connectivity index (χ2n) is 9.05. The molecular formula is C27H40O. The third kappa shape index (κ3) is 6.34. The molecule has 1 nitrogen and oxygen atoms in total. The zero-order chi connectivity index (χ0) is 19.6. The summed E-state index contributed by atoms with van der Waals surface area (Å²) in [5, 5.41) is 0. The van der Waals surface area contributed by atoms with Crippen LogP contribution in [0.4, 0.5) is 0 Å². The highest BCUT2D eigenvalue weighted by Crippen LogP contribution is 2.44. The molecule has 0 aromatic heterocycles. The molecule has 0 heterocycles. The number of hydrogen-bond acceptors (Lipinski definition) is 1. The van der Waals surface area contributed by atoms with E-state index in [2.05, 4.69) is 49.9 Å². The first-order chi connectivity index (χ1) is 13.8. The number of rotatable bonds is 9. The fourth-order valence-electron chi connectivity index (χ4n) is 5.42. The predicted molar refractivity (Wildman–Crippen MR) is 120 cm³/mol. The van der Waals surface area contributed by atoms with Crippen LogP contribution in [-0.2, 0) is 11.3 Å². The molecule has 0 bridgehead atoms. The normalized spacial score (nSPS) is 28.5. The Labute approximate surface area is 173 Å². The molecule has 3 rings (SSSR count). The monoisotopic (exact) mass is 380 g/mol. The Balaban J connectivity index is 1.40. The Morgan fingerprint density at radius 2 is 1.54 bits per heavy atom. The van der Waals surface area contributed by atoms with Crippen LogP contribution in [0.15, 0.2) is 49.1 Å². The number of ether oxygens (including phenoxy) is 1. The van der Waals surface area contributed by atoms with Crippen LogP contribution in [0.5, 0.6) is 0 Å². The maximum Gasteiger partial charge on any atom is 0.0721 e. The van der Waals surface area contributed by atoms with Gasteiger partial charge in [-0.25, -0.2) is 0 Å². The van der Waals surface area contributed by atoms with Crippen LogP contribution in [0, 0.1) is 17.8 Å². The summed E-state index contributed by atoms with van der Waals surface area (Å²) in [5.41, 5.74) is 2.81. The molecule has 1 aromatic rings. The topological polar surface area (TPSA) is 9.23 Å². The minimum Gasteiger partial charge on any atom is -0.373 e. The number of hydrogen-bond donors (Lipinski definition) is 0. The lowest BCUT2D eigenvalue weighted by molar-refractivity contribution is 0.149. The zero-order valence-electron chi connectivity index (χ0n) is 18.0. The molecule has 0 saturated heterocycles. The third-order valence-electron chi connectivity index (χ3n) is 7.16. The van der Waals surface area contributed by atoms with Gasteiger partial charge >= 0.3 is 0 Å². The highest BCUT2D eigenvalue weighted by molar-refractivity contribution is 5.25. The molecule has 0 N–H and O–H groups in total. The first kappa shape index (κ1) is 21.4. The molecule has 2 saturated carbocycles. The first-order valence-corrected chi connectivity index (χ1v) is 11.7. The summed E-state index contributed by atoms with van der Waals surface area (Å²) in [4.78, 5) is 0. The molecule has 0 spiro atoms. The van der Waals surface area contributed by atoms with Gasteiger partial charge in [-0.1, -0.05) is 49.4 Å². The molecule has 1 heteroatoms. The standard InChI is InChI=1S/C27H40O/c1-3-5-6-7-22-8-12-24(13-9-22)26-16-18-27(19-17-26)25-14-10-23(11-15-25)21-28-20-4-2/h4-6,10-11,14-15,22,24,26-27H,2-3,7-9,12-13,16-21H2,1H3/b6-5+/t22-,24-,26?,27?. The van der Waals surface area contributed by atoms with Crippen LogP contribution in [-0.4, -0.2) is 6.61 Å². The lowest BCUT2D eigenvalue weighted by Gasteiger charge is -2.38. The van der Waals surface area contributed by atoms with Gasteiger partial charge in [0.1, 0.15) is 0 Å². The van der Waals surface area contributed by atoms with Crippen LogP contribution in [0.25, 0.3) is 0 Å². The summed E-state index contributed by atoms with van der Waals surface area (Å²) < 4.78 is 5.55. The van der Waals surface area contributed by atoms with E-state index in [0.717, 1.165) is 23.7 Å². The van der Waals surface area contributed by atoms with Crippen molar-refractivity contribution in [3.8, 4) is 0 Å². The Kier molecular flexibility index (Phi) is 8.86. The van der Waals surface area contributed by atoms with E-state index in [1.54, 1.807) is 0 Å². The summed E-state index contributed by atoms with van der Waals surface area (Å²) in [5.74, 6) is 3.74. The Hall–Kier alpha value is -1.34. The average Bonchev–Trinajstić information content (AvgIpc) is 2.75. The van der Waals surface area contributed by atoms with Gasteiger partial charge in [0, 0.05) is 0 Å². The Morgan fingerprint density at radius 1 is 0.893 bits per heavy atom. The molecule has 0 atom stereocenters. The highest BCUT2D eigenvalue weighted by Gasteiger charge is 2.30. The molecule has 0 unspecified atom stereocenters. The molecule has 28 heavy (non-hydrogen) atoms. The summed E-state index contributed by atoms with van der Waals surface area (Å²) in [6, 6.07) is 9.18. The van der Waals surface area contributed by atoms with Crippen LogP contribution in [0.1, 0.15) is 88.2 Å². The van der Waals surface area contributed by atoms with Gasteiger partial charge in [0.2, 0.25) is 0 Å². The SMILES string of the molecule is C=CCOCc1ccc(C2CCC([C@H]3CC[C@H](C/C=C/CC)CC3)CC2)cc1.